The Bertz CT molecular complexity index is 326. The van der Waals surface area contributed by atoms with Gasteiger partial charge in [0, 0.05) is 25.7 Å². The molecule has 0 aliphatic carbocycles. The molecule has 0 saturated carbocycles. The fourth-order valence-corrected chi connectivity index (χ4v) is 1.82. The molecule has 1 fully saturated rings. The number of rotatable bonds is 3. The highest BCUT2D eigenvalue weighted by molar-refractivity contribution is 5.94. The number of carbonyl (C=O) groups is 1. The predicted octanol–water partition coefficient (Wildman–Crippen LogP) is 0.745. The lowest BCUT2D eigenvalue weighted by Gasteiger charge is -2.06. The van der Waals surface area contributed by atoms with Crippen molar-refractivity contribution in [1.82, 2.24) is 15.1 Å². The van der Waals surface area contributed by atoms with Crippen LogP contribution in [0, 0.1) is 0 Å². The summed E-state index contributed by atoms with van der Waals surface area (Å²) in [5, 5.41) is 7.40. The molecule has 76 valence electrons. The molecule has 1 unspecified atom stereocenters. The van der Waals surface area contributed by atoms with E-state index in [4.69, 9.17) is 0 Å². The maximum absolute atomic E-state index is 11.7. The van der Waals surface area contributed by atoms with Crippen LogP contribution in [-0.4, -0.2) is 28.2 Å². The van der Waals surface area contributed by atoms with Crippen LogP contribution in [0.4, 0.5) is 0 Å². The second-order valence-electron chi connectivity index (χ2n) is 3.80. The summed E-state index contributed by atoms with van der Waals surface area (Å²) in [5.74, 6) is 0.144. The molecule has 1 aromatic heterocycles. The molecule has 14 heavy (non-hydrogen) atoms. The largest absolute Gasteiger partial charge is 0.314 e. The quantitative estimate of drug-likeness (QED) is 0.720. The highest BCUT2D eigenvalue weighted by atomic mass is 16.1. The molecule has 0 aromatic carbocycles. The van der Waals surface area contributed by atoms with Crippen molar-refractivity contribution in [3.63, 3.8) is 0 Å². The fourth-order valence-electron chi connectivity index (χ4n) is 1.82. The first-order chi connectivity index (χ1) is 6.75. The minimum absolute atomic E-state index is 0.144. The zero-order valence-electron chi connectivity index (χ0n) is 8.36. The Hall–Kier alpha value is -1.16. The van der Waals surface area contributed by atoms with Gasteiger partial charge < -0.3 is 5.32 Å². The molecule has 1 aliphatic rings. The number of Topliss-reactive ketones (excluding diaryl/α,β-unsaturated/α-hetero) is 1. The predicted molar refractivity (Wildman–Crippen MR) is 53.2 cm³/mol. The van der Waals surface area contributed by atoms with Crippen molar-refractivity contribution in [3.8, 4) is 0 Å². The molecule has 0 bridgehead atoms. The maximum Gasteiger partial charge on any atom is 0.184 e. The molecule has 4 heteroatoms. The molecular weight excluding hydrogens is 178 g/mol. The number of ketones is 1. The second kappa shape index (κ2) is 3.92. The molecule has 0 spiro atoms. The van der Waals surface area contributed by atoms with Crippen molar-refractivity contribution in [2.45, 2.75) is 25.3 Å². The summed E-state index contributed by atoms with van der Waals surface area (Å²) in [7, 11) is 1.82. The fraction of sp³-hybridized carbons (Fsp3) is 0.600. The minimum atomic E-state index is 0.144. The highest BCUT2D eigenvalue weighted by Crippen LogP contribution is 2.11. The van der Waals surface area contributed by atoms with E-state index in [-0.39, 0.29) is 5.78 Å². The van der Waals surface area contributed by atoms with Crippen molar-refractivity contribution in [3.05, 3.63) is 18.0 Å². The van der Waals surface area contributed by atoms with Crippen LogP contribution < -0.4 is 5.32 Å². The highest BCUT2D eigenvalue weighted by Gasteiger charge is 2.19. The Balaban J connectivity index is 1.95. The van der Waals surface area contributed by atoms with E-state index in [1.165, 1.54) is 6.42 Å². The van der Waals surface area contributed by atoms with Crippen LogP contribution in [0.5, 0.6) is 0 Å². The first-order valence-corrected chi connectivity index (χ1v) is 5.02. The van der Waals surface area contributed by atoms with Crippen molar-refractivity contribution in [1.29, 1.82) is 0 Å². The van der Waals surface area contributed by atoms with Crippen molar-refractivity contribution < 1.29 is 4.79 Å². The monoisotopic (exact) mass is 193 g/mol. The summed E-state index contributed by atoms with van der Waals surface area (Å²) < 4.78 is 1.66. The molecule has 4 nitrogen and oxygen atoms in total. The lowest BCUT2D eigenvalue weighted by Crippen LogP contribution is -2.24. The summed E-state index contributed by atoms with van der Waals surface area (Å²) in [6, 6.07) is 2.14. The van der Waals surface area contributed by atoms with Crippen LogP contribution in [0.2, 0.25) is 0 Å². The normalized spacial score (nSPS) is 21.4. The minimum Gasteiger partial charge on any atom is -0.314 e. The summed E-state index contributed by atoms with van der Waals surface area (Å²) in [4.78, 5) is 11.7. The average Bonchev–Trinajstić information content (AvgIpc) is 2.75. The van der Waals surface area contributed by atoms with Gasteiger partial charge >= 0.3 is 0 Å². The third-order valence-electron chi connectivity index (χ3n) is 2.59. The van der Waals surface area contributed by atoms with Crippen molar-refractivity contribution in [2.24, 2.45) is 7.05 Å². The number of hydrogen-bond acceptors (Lipinski definition) is 3. The van der Waals surface area contributed by atoms with Gasteiger partial charge in [0.1, 0.15) is 5.69 Å². The van der Waals surface area contributed by atoms with Gasteiger partial charge in [0.15, 0.2) is 5.78 Å². The van der Waals surface area contributed by atoms with E-state index < -0.39 is 0 Å². The molecule has 0 amide bonds. The van der Waals surface area contributed by atoms with E-state index in [2.05, 4.69) is 10.4 Å². The smallest absolute Gasteiger partial charge is 0.184 e. The maximum atomic E-state index is 11.7. The van der Waals surface area contributed by atoms with Crippen LogP contribution in [0.3, 0.4) is 0 Å². The molecule has 2 rings (SSSR count). The van der Waals surface area contributed by atoms with E-state index in [0.29, 0.717) is 18.2 Å². The summed E-state index contributed by atoms with van der Waals surface area (Å²) in [6.45, 7) is 1.04. The first-order valence-electron chi connectivity index (χ1n) is 5.02. The van der Waals surface area contributed by atoms with Gasteiger partial charge in [-0.15, -0.1) is 0 Å². The van der Waals surface area contributed by atoms with E-state index in [1.54, 1.807) is 16.9 Å². The Morgan fingerprint density at radius 3 is 3.21 bits per heavy atom. The number of carbonyl (C=O) groups excluding carboxylic acids is 1. The molecule has 0 radical (unpaired) electrons. The third-order valence-corrected chi connectivity index (χ3v) is 2.59. The third kappa shape index (κ3) is 2.01. The van der Waals surface area contributed by atoms with Crippen LogP contribution >= 0.6 is 0 Å². The first kappa shape index (κ1) is 9.40. The van der Waals surface area contributed by atoms with Gasteiger partial charge in [0.2, 0.25) is 0 Å². The van der Waals surface area contributed by atoms with Gasteiger partial charge in [-0.25, -0.2) is 0 Å². The van der Waals surface area contributed by atoms with Crippen LogP contribution in [-0.2, 0) is 7.05 Å². The topological polar surface area (TPSA) is 46.9 Å². The van der Waals surface area contributed by atoms with Gasteiger partial charge in [-0.3, -0.25) is 9.48 Å². The van der Waals surface area contributed by atoms with Crippen LogP contribution in [0.15, 0.2) is 12.3 Å². The number of nitrogens with one attached hydrogen (secondary N) is 1. The summed E-state index contributed by atoms with van der Waals surface area (Å²) in [5.41, 5.74) is 0.584. The lowest BCUT2D eigenvalue weighted by atomic mass is 10.1. The van der Waals surface area contributed by atoms with E-state index in [0.717, 1.165) is 13.0 Å². The average molecular weight is 193 g/mol. The number of aryl methyl sites for hydroxylation is 1. The zero-order chi connectivity index (χ0) is 9.97. The molecule has 1 aliphatic heterocycles. The number of hydrogen-bond donors (Lipinski definition) is 1. The Labute approximate surface area is 83.3 Å². The van der Waals surface area contributed by atoms with Gasteiger partial charge in [0.25, 0.3) is 0 Å². The second-order valence-corrected chi connectivity index (χ2v) is 3.80. The van der Waals surface area contributed by atoms with Gasteiger partial charge in [0.05, 0.1) is 0 Å². The van der Waals surface area contributed by atoms with Crippen LogP contribution in [0.25, 0.3) is 0 Å². The molecule has 1 aromatic rings. The molecule has 2 heterocycles. The van der Waals surface area contributed by atoms with Gasteiger partial charge in [-0.2, -0.15) is 5.10 Å². The number of aromatic nitrogens is 2. The van der Waals surface area contributed by atoms with Crippen molar-refractivity contribution >= 4 is 5.78 Å². The molecular formula is C10H15N3O. The Morgan fingerprint density at radius 1 is 1.79 bits per heavy atom. The molecule has 1 N–H and O–H groups in total. The standard InChI is InChI=1S/C10H15N3O/c1-13-6-4-9(12-13)10(14)7-8-3-2-5-11-8/h4,6,8,11H,2-3,5,7H2,1H3. The van der Waals surface area contributed by atoms with Crippen molar-refractivity contribution in [2.75, 3.05) is 6.54 Å². The van der Waals surface area contributed by atoms with Gasteiger partial charge in [-0.05, 0) is 25.5 Å². The SMILES string of the molecule is Cn1ccc(C(=O)CC2CCCN2)n1. The van der Waals surface area contributed by atoms with E-state index >= 15 is 0 Å². The van der Waals surface area contributed by atoms with E-state index in [9.17, 15) is 4.79 Å². The Kier molecular flexibility index (Phi) is 2.63. The van der Waals surface area contributed by atoms with Crippen LogP contribution in [0.1, 0.15) is 29.8 Å². The zero-order valence-corrected chi connectivity index (χ0v) is 8.36. The Morgan fingerprint density at radius 2 is 2.64 bits per heavy atom. The summed E-state index contributed by atoms with van der Waals surface area (Å²) >= 11 is 0. The number of nitrogens with zero attached hydrogens (tertiary/aromatic N) is 2. The summed E-state index contributed by atoms with van der Waals surface area (Å²) in [6.07, 6.45) is 4.67. The molecule has 1 saturated heterocycles. The lowest BCUT2D eigenvalue weighted by molar-refractivity contribution is 0.0966. The van der Waals surface area contributed by atoms with E-state index in [1.807, 2.05) is 7.05 Å². The molecule has 1 atom stereocenters. The van der Waals surface area contributed by atoms with Gasteiger partial charge in [-0.1, -0.05) is 0 Å².